The highest BCUT2D eigenvalue weighted by atomic mass is 16.8. The first-order valence-electron chi connectivity index (χ1n) is 4.21. The maximum Gasteiger partial charge on any atom is 0.0441 e. The second-order valence-electron chi connectivity index (χ2n) is 2.41. The third-order valence-electron chi connectivity index (χ3n) is 1.21. The molecule has 3 heteroatoms. The van der Waals surface area contributed by atoms with Gasteiger partial charge in [-0.25, -0.2) is 4.94 Å². The Kier molecular flexibility index (Phi) is 8.01. The maximum absolute atomic E-state index is 5.20. The lowest BCUT2D eigenvalue weighted by Gasteiger charge is -2.17. The molecule has 0 saturated carbocycles. The summed E-state index contributed by atoms with van der Waals surface area (Å²) in [6.45, 7) is 11.6. The minimum absolute atomic E-state index is 0.697. The third kappa shape index (κ3) is 6.09. The molecule has 0 aromatic heterocycles. The molecule has 0 bridgehead atoms. The van der Waals surface area contributed by atoms with Gasteiger partial charge >= 0.3 is 0 Å². The summed E-state index contributed by atoms with van der Waals surface area (Å²) >= 11 is 0. The zero-order valence-corrected chi connectivity index (χ0v) is 7.75. The van der Waals surface area contributed by atoms with Crippen LogP contribution in [-0.2, 0) is 4.94 Å². The Balaban J connectivity index is 3.47. The van der Waals surface area contributed by atoms with E-state index in [2.05, 4.69) is 25.6 Å². The van der Waals surface area contributed by atoms with Crippen LogP contribution in [0.2, 0.25) is 0 Å². The average molecular weight is 170 g/mol. The van der Waals surface area contributed by atoms with Crippen molar-refractivity contribution in [1.82, 2.24) is 10.5 Å². The molecule has 0 rings (SSSR count). The number of rotatable bonds is 8. The Labute approximate surface area is 74.6 Å². The Morgan fingerprint density at radius 2 is 1.92 bits per heavy atom. The topological polar surface area (TPSA) is 24.5 Å². The van der Waals surface area contributed by atoms with E-state index < -0.39 is 0 Å². The van der Waals surface area contributed by atoms with Crippen LogP contribution in [0, 0.1) is 0 Å². The smallest absolute Gasteiger partial charge is 0.0441 e. The SMILES string of the molecule is C=CCN(CC=C)ONCCC. The normalized spacial score (nSPS) is 10.2. The number of nitrogens with zero attached hydrogens (tertiary/aromatic N) is 1. The van der Waals surface area contributed by atoms with Gasteiger partial charge in [-0.15, -0.1) is 13.2 Å². The zero-order chi connectivity index (χ0) is 9.23. The van der Waals surface area contributed by atoms with E-state index in [1.54, 1.807) is 17.2 Å². The summed E-state index contributed by atoms with van der Waals surface area (Å²) in [5.41, 5.74) is 2.84. The van der Waals surface area contributed by atoms with Gasteiger partial charge in [-0.3, -0.25) is 0 Å². The molecule has 0 spiro atoms. The number of nitrogens with one attached hydrogen (secondary N) is 1. The van der Waals surface area contributed by atoms with Gasteiger partial charge in [0, 0.05) is 19.6 Å². The molecule has 1 N–H and O–H groups in total. The quantitative estimate of drug-likeness (QED) is 0.339. The molecule has 70 valence electrons. The molecular weight excluding hydrogens is 152 g/mol. The molecule has 0 aliphatic rings. The van der Waals surface area contributed by atoms with Crippen LogP contribution in [-0.4, -0.2) is 24.7 Å². The van der Waals surface area contributed by atoms with Gasteiger partial charge in [-0.05, 0) is 6.42 Å². The molecule has 0 radical (unpaired) electrons. The summed E-state index contributed by atoms with van der Waals surface area (Å²) in [5, 5.41) is 1.75. The van der Waals surface area contributed by atoms with Crippen molar-refractivity contribution in [3.8, 4) is 0 Å². The highest BCUT2D eigenvalue weighted by Crippen LogP contribution is 1.88. The van der Waals surface area contributed by atoms with Crippen molar-refractivity contribution in [2.24, 2.45) is 0 Å². The van der Waals surface area contributed by atoms with Crippen LogP contribution < -0.4 is 5.48 Å². The van der Waals surface area contributed by atoms with Crippen molar-refractivity contribution >= 4 is 0 Å². The number of hydroxylamine groups is 3. The summed E-state index contributed by atoms with van der Waals surface area (Å²) in [5.74, 6) is 0. The lowest BCUT2D eigenvalue weighted by molar-refractivity contribution is -0.197. The second kappa shape index (κ2) is 8.46. The lowest BCUT2D eigenvalue weighted by atomic mass is 10.5. The Bertz CT molecular complexity index is 116. The molecule has 0 saturated heterocycles. The Hall–Kier alpha value is -0.640. The zero-order valence-electron chi connectivity index (χ0n) is 7.75. The fourth-order valence-corrected chi connectivity index (χ4v) is 0.676. The van der Waals surface area contributed by atoms with Crippen LogP contribution in [0.15, 0.2) is 25.3 Å². The van der Waals surface area contributed by atoms with E-state index in [1.807, 2.05) is 0 Å². The van der Waals surface area contributed by atoms with Crippen LogP contribution in [0.5, 0.6) is 0 Å². The molecule has 0 aromatic rings. The van der Waals surface area contributed by atoms with Crippen LogP contribution in [0.3, 0.4) is 0 Å². The first-order valence-corrected chi connectivity index (χ1v) is 4.21. The molecule has 0 atom stereocenters. The molecule has 0 heterocycles. The minimum Gasteiger partial charge on any atom is -0.211 e. The summed E-state index contributed by atoms with van der Waals surface area (Å²) in [4.78, 5) is 5.20. The van der Waals surface area contributed by atoms with Gasteiger partial charge in [0.15, 0.2) is 0 Å². The van der Waals surface area contributed by atoms with Crippen LogP contribution in [0.25, 0.3) is 0 Å². The van der Waals surface area contributed by atoms with E-state index in [-0.39, 0.29) is 0 Å². The highest BCUT2D eigenvalue weighted by Gasteiger charge is 1.98. The van der Waals surface area contributed by atoms with Gasteiger partial charge < -0.3 is 0 Å². The fourth-order valence-electron chi connectivity index (χ4n) is 0.676. The van der Waals surface area contributed by atoms with Crippen molar-refractivity contribution in [1.29, 1.82) is 0 Å². The molecule has 0 fully saturated rings. The maximum atomic E-state index is 5.20. The molecule has 0 amide bonds. The van der Waals surface area contributed by atoms with Gasteiger partial charge in [-0.1, -0.05) is 19.1 Å². The highest BCUT2D eigenvalue weighted by molar-refractivity contribution is 4.75. The lowest BCUT2D eigenvalue weighted by Crippen LogP contribution is -2.32. The van der Waals surface area contributed by atoms with Gasteiger partial charge in [0.05, 0.1) is 0 Å². The van der Waals surface area contributed by atoms with Crippen molar-refractivity contribution in [3.63, 3.8) is 0 Å². The molecule has 0 aliphatic heterocycles. The summed E-state index contributed by atoms with van der Waals surface area (Å²) in [7, 11) is 0. The largest absolute Gasteiger partial charge is 0.211 e. The van der Waals surface area contributed by atoms with Crippen molar-refractivity contribution < 1.29 is 4.94 Å². The first-order chi connectivity index (χ1) is 5.85. The van der Waals surface area contributed by atoms with Crippen molar-refractivity contribution in [3.05, 3.63) is 25.3 Å². The fraction of sp³-hybridized carbons (Fsp3) is 0.556. The van der Waals surface area contributed by atoms with Crippen molar-refractivity contribution in [2.45, 2.75) is 13.3 Å². The van der Waals surface area contributed by atoms with E-state index in [1.165, 1.54) is 0 Å². The third-order valence-corrected chi connectivity index (χ3v) is 1.21. The predicted molar refractivity (Wildman–Crippen MR) is 51.3 cm³/mol. The summed E-state index contributed by atoms with van der Waals surface area (Å²) in [6.07, 6.45) is 4.63. The van der Waals surface area contributed by atoms with E-state index >= 15 is 0 Å². The molecule has 0 aliphatic carbocycles. The van der Waals surface area contributed by atoms with E-state index in [0.717, 1.165) is 13.0 Å². The summed E-state index contributed by atoms with van der Waals surface area (Å²) < 4.78 is 0. The minimum atomic E-state index is 0.697. The second-order valence-corrected chi connectivity index (χ2v) is 2.41. The van der Waals surface area contributed by atoms with Crippen molar-refractivity contribution in [2.75, 3.05) is 19.6 Å². The van der Waals surface area contributed by atoms with Crippen LogP contribution >= 0.6 is 0 Å². The van der Waals surface area contributed by atoms with Gasteiger partial charge in [0.2, 0.25) is 0 Å². The Morgan fingerprint density at radius 1 is 1.33 bits per heavy atom. The molecule has 3 nitrogen and oxygen atoms in total. The van der Waals surface area contributed by atoms with Gasteiger partial charge in [-0.2, -0.15) is 10.5 Å². The molecule has 0 unspecified atom stereocenters. The average Bonchev–Trinajstić information content (AvgIpc) is 2.06. The van der Waals surface area contributed by atoms with Gasteiger partial charge in [0.1, 0.15) is 0 Å². The first kappa shape index (κ1) is 11.4. The van der Waals surface area contributed by atoms with E-state index in [9.17, 15) is 0 Å². The molecule has 12 heavy (non-hydrogen) atoms. The molecular formula is C9H18N2O. The Morgan fingerprint density at radius 3 is 2.33 bits per heavy atom. The van der Waals surface area contributed by atoms with E-state index in [0.29, 0.717) is 13.1 Å². The summed E-state index contributed by atoms with van der Waals surface area (Å²) in [6, 6.07) is 0. The van der Waals surface area contributed by atoms with Gasteiger partial charge in [0.25, 0.3) is 0 Å². The number of hydrogen-bond acceptors (Lipinski definition) is 3. The number of hydrogen-bond donors (Lipinski definition) is 1. The monoisotopic (exact) mass is 170 g/mol. The standard InChI is InChI=1S/C9H18N2O/c1-4-7-10-12-11(8-5-2)9-6-3/h5-6,10H,2-4,7-9H2,1H3. The molecule has 0 aromatic carbocycles. The van der Waals surface area contributed by atoms with E-state index in [4.69, 9.17) is 4.94 Å². The van der Waals surface area contributed by atoms with Crippen LogP contribution in [0.4, 0.5) is 0 Å². The predicted octanol–water partition coefficient (Wildman–Crippen LogP) is 1.51. The van der Waals surface area contributed by atoms with Crippen LogP contribution in [0.1, 0.15) is 13.3 Å².